The van der Waals surface area contributed by atoms with Crippen molar-refractivity contribution in [2.24, 2.45) is 0 Å². The first-order valence-corrected chi connectivity index (χ1v) is 5.08. The molecule has 0 N–H and O–H groups in total. The summed E-state index contributed by atoms with van der Waals surface area (Å²) in [4.78, 5) is 0. The van der Waals surface area contributed by atoms with Crippen LogP contribution in [0.15, 0.2) is 10.7 Å². The van der Waals surface area contributed by atoms with Crippen molar-refractivity contribution in [1.82, 2.24) is 9.78 Å². The minimum atomic E-state index is -0.478. The molecule has 1 aliphatic rings. The largest absolute Gasteiger partial charge is 0.357 e. The van der Waals surface area contributed by atoms with E-state index >= 15 is 0 Å². The van der Waals surface area contributed by atoms with Gasteiger partial charge in [0, 0.05) is 12.8 Å². The Morgan fingerprint density at radius 1 is 1.62 bits per heavy atom. The van der Waals surface area contributed by atoms with Crippen LogP contribution in [0.3, 0.4) is 0 Å². The van der Waals surface area contributed by atoms with Crippen molar-refractivity contribution < 1.29 is 9.13 Å². The van der Waals surface area contributed by atoms with Crippen LogP contribution in [0.1, 0.15) is 25.5 Å². The Labute approximate surface area is 84.0 Å². The van der Waals surface area contributed by atoms with Gasteiger partial charge in [0.2, 0.25) is 5.95 Å². The highest BCUT2D eigenvalue weighted by molar-refractivity contribution is 9.10. The number of nitrogens with zero attached hydrogens (tertiary/aromatic N) is 2. The van der Waals surface area contributed by atoms with E-state index in [0.717, 1.165) is 25.9 Å². The molecule has 2 heterocycles. The standard InChI is InChI=1S/C8H10BrFN2O/c9-6-5-12(11-8(6)10)7-3-1-2-4-13-7/h5,7H,1-4H2. The quantitative estimate of drug-likeness (QED) is 0.764. The average Bonchev–Trinajstić information content (AvgIpc) is 2.49. The Kier molecular flexibility index (Phi) is 2.64. The van der Waals surface area contributed by atoms with E-state index in [-0.39, 0.29) is 6.23 Å². The molecule has 1 atom stereocenters. The van der Waals surface area contributed by atoms with E-state index in [4.69, 9.17) is 4.74 Å². The Bertz CT molecular complexity index is 277. The lowest BCUT2D eigenvalue weighted by atomic mass is 10.2. The number of halogens is 2. The smallest absolute Gasteiger partial charge is 0.246 e. The highest BCUT2D eigenvalue weighted by atomic mass is 79.9. The van der Waals surface area contributed by atoms with Crippen molar-refractivity contribution in [3.8, 4) is 0 Å². The Morgan fingerprint density at radius 2 is 2.46 bits per heavy atom. The number of aromatic nitrogens is 2. The fraction of sp³-hybridized carbons (Fsp3) is 0.625. The fourth-order valence-corrected chi connectivity index (χ4v) is 1.72. The summed E-state index contributed by atoms with van der Waals surface area (Å²) in [6.07, 6.45) is 4.64. The second kappa shape index (κ2) is 3.75. The van der Waals surface area contributed by atoms with Crippen molar-refractivity contribution in [1.29, 1.82) is 0 Å². The predicted octanol–water partition coefficient (Wildman–Crippen LogP) is 2.48. The van der Waals surface area contributed by atoms with Crippen molar-refractivity contribution in [3.63, 3.8) is 0 Å². The summed E-state index contributed by atoms with van der Waals surface area (Å²) in [7, 11) is 0. The maximum atomic E-state index is 12.9. The summed E-state index contributed by atoms with van der Waals surface area (Å²) in [6.45, 7) is 0.740. The molecule has 1 aromatic heterocycles. The normalized spacial score (nSPS) is 23.4. The van der Waals surface area contributed by atoms with E-state index in [1.165, 1.54) is 0 Å². The molecule has 0 saturated carbocycles. The molecule has 3 nitrogen and oxygen atoms in total. The fourth-order valence-electron chi connectivity index (χ4n) is 1.43. The first-order valence-electron chi connectivity index (χ1n) is 4.29. The van der Waals surface area contributed by atoms with E-state index < -0.39 is 5.95 Å². The molecule has 0 aromatic carbocycles. The molecule has 1 aliphatic heterocycles. The van der Waals surface area contributed by atoms with Gasteiger partial charge in [-0.05, 0) is 35.2 Å². The van der Waals surface area contributed by atoms with Crippen molar-refractivity contribution in [2.75, 3.05) is 6.61 Å². The summed E-state index contributed by atoms with van der Waals surface area (Å²) >= 11 is 3.07. The molecule has 1 saturated heterocycles. The van der Waals surface area contributed by atoms with Crippen LogP contribution in [0, 0.1) is 5.95 Å². The zero-order chi connectivity index (χ0) is 9.26. The summed E-state index contributed by atoms with van der Waals surface area (Å²) in [5.41, 5.74) is 0. The minimum absolute atomic E-state index is 0.0884. The molecule has 1 unspecified atom stereocenters. The monoisotopic (exact) mass is 248 g/mol. The van der Waals surface area contributed by atoms with Gasteiger partial charge in [-0.3, -0.25) is 0 Å². The molecule has 0 aliphatic carbocycles. The van der Waals surface area contributed by atoms with Gasteiger partial charge in [-0.1, -0.05) is 0 Å². The van der Waals surface area contributed by atoms with Gasteiger partial charge in [0.05, 0.1) is 4.47 Å². The van der Waals surface area contributed by atoms with Gasteiger partial charge in [-0.15, -0.1) is 5.10 Å². The first kappa shape index (κ1) is 9.15. The van der Waals surface area contributed by atoms with Crippen LogP contribution in [0.25, 0.3) is 0 Å². The van der Waals surface area contributed by atoms with Crippen LogP contribution in [0.2, 0.25) is 0 Å². The van der Waals surface area contributed by atoms with Gasteiger partial charge in [0.1, 0.15) is 6.23 Å². The van der Waals surface area contributed by atoms with Crippen molar-refractivity contribution in [2.45, 2.75) is 25.5 Å². The Hall–Kier alpha value is -0.420. The van der Waals surface area contributed by atoms with Gasteiger partial charge in [0.25, 0.3) is 0 Å². The van der Waals surface area contributed by atoms with E-state index in [9.17, 15) is 4.39 Å². The summed E-state index contributed by atoms with van der Waals surface area (Å²) in [5.74, 6) is -0.478. The molecular formula is C8H10BrFN2O. The van der Waals surface area contributed by atoms with Crippen LogP contribution in [-0.2, 0) is 4.74 Å². The molecule has 72 valence electrons. The first-order chi connectivity index (χ1) is 6.27. The maximum absolute atomic E-state index is 12.9. The van der Waals surface area contributed by atoms with Gasteiger partial charge < -0.3 is 4.74 Å². The van der Waals surface area contributed by atoms with Crippen LogP contribution in [-0.4, -0.2) is 16.4 Å². The van der Waals surface area contributed by atoms with E-state index in [2.05, 4.69) is 21.0 Å². The number of ether oxygens (including phenoxy) is 1. The highest BCUT2D eigenvalue weighted by Crippen LogP contribution is 2.24. The molecule has 0 spiro atoms. The van der Waals surface area contributed by atoms with Crippen LogP contribution in [0.4, 0.5) is 4.39 Å². The summed E-state index contributed by atoms with van der Waals surface area (Å²) in [6, 6.07) is 0. The third-order valence-corrected chi connectivity index (χ3v) is 2.63. The number of rotatable bonds is 1. The Morgan fingerprint density at radius 3 is 3.00 bits per heavy atom. The zero-order valence-corrected chi connectivity index (χ0v) is 8.63. The maximum Gasteiger partial charge on any atom is 0.246 e. The average molecular weight is 249 g/mol. The van der Waals surface area contributed by atoms with E-state index in [1.54, 1.807) is 10.9 Å². The SMILES string of the molecule is Fc1nn(C2CCCCO2)cc1Br. The zero-order valence-electron chi connectivity index (χ0n) is 7.04. The van der Waals surface area contributed by atoms with Crippen molar-refractivity contribution in [3.05, 3.63) is 16.6 Å². The van der Waals surface area contributed by atoms with Crippen LogP contribution >= 0.6 is 15.9 Å². The molecule has 2 rings (SSSR count). The highest BCUT2D eigenvalue weighted by Gasteiger charge is 2.18. The lowest BCUT2D eigenvalue weighted by molar-refractivity contribution is -0.0402. The van der Waals surface area contributed by atoms with Gasteiger partial charge >= 0.3 is 0 Å². The third kappa shape index (κ3) is 1.91. The Balaban J connectivity index is 2.14. The van der Waals surface area contributed by atoms with Crippen molar-refractivity contribution >= 4 is 15.9 Å². The number of hydrogen-bond donors (Lipinski definition) is 0. The second-order valence-electron chi connectivity index (χ2n) is 3.07. The lowest BCUT2D eigenvalue weighted by Crippen LogP contribution is -2.18. The molecule has 13 heavy (non-hydrogen) atoms. The summed E-state index contributed by atoms with van der Waals surface area (Å²) < 4.78 is 20.2. The topological polar surface area (TPSA) is 27.1 Å². The minimum Gasteiger partial charge on any atom is -0.357 e. The molecule has 0 bridgehead atoms. The van der Waals surface area contributed by atoms with Crippen LogP contribution in [0.5, 0.6) is 0 Å². The lowest BCUT2D eigenvalue weighted by Gasteiger charge is -2.22. The molecule has 0 radical (unpaired) electrons. The van der Waals surface area contributed by atoms with Gasteiger partial charge in [-0.2, -0.15) is 4.39 Å². The number of hydrogen-bond acceptors (Lipinski definition) is 2. The molecule has 0 amide bonds. The predicted molar refractivity (Wildman–Crippen MR) is 48.7 cm³/mol. The summed E-state index contributed by atoms with van der Waals surface area (Å²) in [5, 5.41) is 3.71. The van der Waals surface area contributed by atoms with Gasteiger partial charge in [0.15, 0.2) is 0 Å². The molecule has 1 fully saturated rings. The molecular weight excluding hydrogens is 239 g/mol. The molecule has 5 heteroatoms. The second-order valence-corrected chi connectivity index (χ2v) is 3.92. The van der Waals surface area contributed by atoms with E-state index in [0.29, 0.717) is 4.47 Å². The van der Waals surface area contributed by atoms with Gasteiger partial charge in [-0.25, -0.2) is 4.68 Å². The third-order valence-electron chi connectivity index (χ3n) is 2.10. The molecule has 1 aromatic rings. The van der Waals surface area contributed by atoms with Crippen LogP contribution < -0.4 is 0 Å². The van der Waals surface area contributed by atoms with E-state index in [1.807, 2.05) is 0 Å².